The second-order valence-electron chi connectivity index (χ2n) is 6.60. The van der Waals surface area contributed by atoms with Crippen molar-refractivity contribution in [3.63, 3.8) is 0 Å². The van der Waals surface area contributed by atoms with Crippen molar-refractivity contribution in [2.45, 2.75) is 32.2 Å². The first kappa shape index (κ1) is 12.6. The van der Waals surface area contributed by atoms with Gasteiger partial charge in [-0.3, -0.25) is 9.88 Å². The van der Waals surface area contributed by atoms with Crippen molar-refractivity contribution >= 4 is 0 Å². The predicted molar refractivity (Wildman–Crippen MR) is 74.4 cm³/mol. The topological polar surface area (TPSA) is 60.6 Å². The quantitative estimate of drug-likeness (QED) is 0.810. The van der Waals surface area contributed by atoms with Gasteiger partial charge in [-0.15, -0.1) is 0 Å². The van der Waals surface area contributed by atoms with Crippen molar-refractivity contribution in [2.75, 3.05) is 26.3 Å². The van der Waals surface area contributed by atoms with E-state index < -0.39 is 0 Å². The number of hydrogen-bond donors (Lipinski definition) is 1. The second kappa shape index (κ2) is 4.41. The summed E-state index contributed by atoms with van der Waals surface area (Å²) in [6, 6.07) is 2.55. The number of rotatable bonds is 2. The number of aryl methyl sites for hydroxylation is 2. The number of nitrogens with two attached hydrogens (primary N) is 1. The standard InChI is InChI=1S/C15H21N3O2/c1-10-4-14(20-16)12-5-11(2-3-13(12)17-10)18-6-15(7-18)8-19-9-15/h4,11H,2-3,5-9,16H2,1H3. The van der Waals surface area contributed by atoms with Crippen molar-refractivity contribution < 1.29 is 9.57 Å². The van der Waals surface area contributed by atoms with Crippen molar-refractivity contribution in [2.24, 2.45) is 11.3 Å². The lowest BCUT2D eigenvalue weighted by Gasteiger charge is -2.58. The molecule has 20 heavy (non-hydrogen) atoms. The number of fused-ring (bicyclic) bond motifs is 1. The van der Waals surface area contributed by atoms with E-state index in [1.54, 1.807) is 0 Å². The van der Waals surface area contributed by atoms with Crippen LogP contribution in [0.2, 0.25) is 0 Å². The third-order valence-electron chi connectivity index (χ3n) is 4.99. The maximum Gasteiger partial charge on any atom is 0.153 e. The predicted octanol–water partition coefficient (Wildman–Crippen LogP) is 0.832. The first-order valence-electron chi connectivity index (χ1n) is 7.37. The van der Waals surface area contributed by atoms with Crippen LogP contribution < -0.4 is 10.7 Å². The van der Waals surface area contributed by atoms with E-state index in [1.807, 2.05) is 13.0 Å². The van der Waals surface area contributed by atoms with Crippen LogP contribution >= 0.6 is 0 Å². The molecule has 2 N–H and O–H groups in total. The van der Waals surface area contributed by atoms with E-state index in [2.05, 4.69) is 9.88 Å². The van der Waals surface area contributed by atoms with Gasteiger partial charge >= 0.3 is 0 Å². The summed E-state index contributed by atoms with van der Waals surface area (Å²) in [6.07, 6.45) is 3.22. The molecule has 0 amide bonds. The van der Waals surface area contributed by atoms with Crippen molar-refractivity contribution in [1.29, 1.82) is 0 Å². The highest BCUT2D eigenvalue weighted by Gasteiger charge is 2.51. The van der Waals surface area contributed by atoms with Crippen molar-refractivity contribution in [3.05, 3.63) is 23.0 Å². The van der Waals surface area contributed by atoms with Gasteiger partial charge in [0.25, 0.3) is 0 Å². The highest BCUT2D eigenvalue weighted by Crippen LogP contribution is 2.41. The molecule has 0 aromatic carbocycles. The molecule has 0 radical (unpaired) electrons. The zero-order valence-corrected chi connectivity index (χ0v) is 11.9. The van der Waals surface area contributed by atoms with Gasteiger partial charge in [-0.25, -0.2) is 0 Å². The minimum absolute atomic E-state index is 0.485. The van der Waals surface area contributed by atoms with Crippen LogP contribution in [-0.4, -0.2) is 42.2 Å². The number of hydrogen-bond acceptors (Lipinski definition) is 5. The molecule has 1 aromatic rings. The molecule has 1 atom stereocenters. The average Bonchev–Trinajstić information content (AvgIpc) is 2.34. The van der Waals surface area contributed by atoms with Gasteiger partial charge in [-0.05, 0) is 26.2 Å². The van der Waals surface area contributed by atoms with Gasteiger partial charge < -0.3 is 9.57 Å². The Morgan fingerprint density at radius 1 is 1.45 bits per heavy atom. The minimum Gasteiger partial charge on any atom is -0.411 e. The summed E-state index contributed by atoms with van der Waals surface area (Å²) in [5.74, 6) is 6.23. The molecule has 1 unspecified atom stereocenters. The molecule has 2 saturated heterocycles. The molecule has 3 aliphatic rings. The maximum atomic E-state index is 5.43. The summed E-state index contributed by atoms with van der Waals surface area (Å²) in [5.41, 5.74) is 3.85. The fraction of sp³-hybridized carbons (Fsp3) is 0.667. The van der Waals surface area contributed by atoms with Crippen LogP contribution in [0, 0.1) is 12.3 Å². The number of pyridine rings is 1. The highest BCUT2D eigenvalue weighted by molar-refractivity contribution is 5.40. The lowest BCUT2D eigenvalue weighted by Crippen LogP contribution is -2.68. The molecule has 5 nitrogen and oxygen atoms in total. The third-order valence-corrected chi connectivity index (χ3v) is 4.99. The lowest BCUT2D eigenvalue weighted by molar-refractivity contribution is -0.199. The molecule has 1 aromatic heterocycles. The zero-order valence-electron chi connectivity index (χ0n) is 11.9. The van der Waals surface area contributed by atoms with Gasteiger partial charge in [0.05, 0.1) is 13.2 Å². The van der Waals surface area contributed by atoms with Crippen LogP contribution in [0.25, 0.3) is 0 Å². The van der Waals surface area contributed by atoms with Crippen LogP contribution in [0.1, 0.15) is 23.4 Å². The Kier molecular flexibility index (Phi) is 2.77. The second-order valence-corrected chi connectivity index (χ2v) is 6.60. The number of aromatic nitrogens is 1. The fourth-order valence-corrected chi connectivity index (χ4v) is 3.86. The van der Waals surface area contributed by atoms with Crippen LogP contribution in [0.3, 0.4) is 0 Å². The molecule has 5 heteroatoms. The van der Waals surface area contributed by atoms with Gasteiger partial charge in [-0.2, -0.15) is 5.90 Å². The summed E-state index contributed by atoms with van der Waals surface area (Å²) >= 11 is 0. The molecular weight excluding hydrogens is 254 g/mol. The zero-order chi connectivity index (χ0) is 13.7. The van der Waals surface area contributed by atoms with E-state index in [4.69, 9.17) is 15.5 Å². The summed E-state index contributed by atoms with van der Waals surface area (Å²) in [6.45, 7) is 6.26. The Bertz CT molecular complexity index is 517. The molecule has 108 valence electrons. The van der Waals surface area contributed by atoms with Gasteiger partial charge in [0.1, 0.15) is 0 Å². The molecule has 2 aliphatic heterocycles. The monoisotopic (exact) mass is 275 g/mol. The summed E-state index contributed by atoms with van der Waals surface area (Å²) in [4.78, 5) is 12.3. The van der Waals surface area contributed by atoms with Crippen LogP contribution in [0.4, 0.5) is 0 Å². The van der Waals surface area contributed by atoms with Crippen LogP contribution in [0.15, 0.2) is 6.07 Å². The van der Waals surface area contributed by atoms with Gasteiger partial charge in [0.2, 0.25) is 0 Å². The molecule has 0 bridgehead atoms. The smallest absolute Gasteiger partial charge is 0.153 e. The Hall–Kier alpha value is -1.17. The molecule has 1 aliphatic carbocycles. The van der Waals surface area contributed by atoms with Crippen molar-refractivity contribution in [1.82, 2.24) is 9.88 Å². The van der Waals surface area contributed by atoms with Gasteiger partial charge in [0.15, 0.2) is 5.75 Å². The summed E-state index contributed by atoms with van der Waals surface area (Å²) in [5, 5.41) is 0. The number of nitrogens with zero attached hydrogens (tertiary/aromatic N) is 2. The SMILES string of the molecule is Cc1cc(ON)c2c(n1)CCC(N1CC3(COC3)C1)C2. The minimum atomic E-state index is 0.485. The average molecular weight is 275 g/mol. The lowest BCUT2D eigenvalue weighted by atomic mass is 9.75. The Morgan fingerprint density at radius 2 is 2.25 bits per heavy atom. The Labute approximate surface area is 119 Å². The van der Waals surface area contributed by atoms with E-state index in [-0.39, 0.29) is 0 Å². The molecular formula is C15H21N3O2. The van der Waals surface area contributed by atoms with E-state index in [0.717, 1.165) is 37.5 Å². The van der Waals surface area contributed by atoms with E-state index in [0.29, 0.717) is 11.5 Å². The molecule has 4 rings (SSSR count). The first-order chi connectivity index (χ1) is 9.69. The number of likely N-dealkylation sites (tertiary alicyclic amines) is 1. The Morgan fingerprint density at radius 3 is 2.90 bits per heavy atom. The fourth-order valence-electron chi connectivity index (χ4n) is 3.86. The van der Waals surface area contributed by atoms with E-state index in [1.165, 1.54) is 30.8 Å². The van der Waals surface area contributed by atoms with E-state index in [9.17, 15) is 0 Å². The van der Waals surface area contributed by atoms with Crippen LogP contribution in [0.5, 0.6) is 5.75 Å². The van der Waals surface area contributed by atoms with Crippen LogP contribution in [-0.2, 0) is 17.6 Å². The molecule has 1 spiro atoms. The summed E-state index contributed by atoms with van der Waals surface area (Å²) < 4.78 is 5.35. The number of ether oxygens (including phenoxy) is 1. The van der Waals surface area contributed by atoms with Crippen molar-refractivity contribution in [3.8, 4) is 5.75 Å². The molecule has 2 fully saturated rings. The highest BCUT2D eigenvalue weighted by atomic mass is 16.6. The normalized spacial score (nSPS) is 27.6. The maximum absolute atomic E-state index is 5.43. The molecule has 3 heterocycles. The Balaban J connectivity index is 1.51. The molecule has 0 saturated carbocycles. The van der Waals surface area contributed by atoms with E-state index >= 15 is 0 Å². The first-order valence-corrected chi connectivity index (χ1v) is 7.37. The third kappa shape index (κ3) is 1.84. The largest absolute Gasteiger partial charge is 0.411 e. The van der Waals surface area contributed by atoms with Gasteiger partial charge in [0, 0.05) is 47.6 Å². The summed E-state index contributed by atoms with van der Waals surface area (Å²) in [7, 11) is 0. The van der Waals surface area contributed by atoms with Gasteiger partial charge in [-0.1, -0.05) is 0 Å².